The van der Waals surface area contributed by atoms with Crippen LogP contribution in [0.5, 0.6) is 0 Å². The summed E-state index contributed by atoms with van der Waals surface area (Å²) in [5.41, 5.74) is 0.261. The molecule has 0 radical (unpaired) electrons. The second-order valence-electron chi connectivity index (χ2n) is 5.33. The van der Waals surface area contributed by atoms with E-state index in [2.05, 4.69) is 9.88 Å². The molecule has 110 valence electrons. The summed E-state index contributed by atoms with van der Waals surface area (Å²) in [5, 5.41) is 10.2. The predicted molar refractivity (Wildman–Crippen MR) is 78.1 cm³/mol. The Labute approximate surface area is 121 Å². The number of likely N-dealkylation sites (tertiary alicyclic amines) is 1. The molecule has 0 aliphatic carbocycles. The molecule has 1 saturated heterocycles. The van der Waals surface area contributed by atoms with Gasteiger partial charge in [0.25, 0.3) is 5.56 Å². The molecule has 21 heavy (non-hydrogen) atoms. The van der Waals surface area contributed by atoms with Crippen LogP contribution >= 0.6 is 0 Å². The van der Waals surface area contributed by atoms with E-state index < -0.39 is 17.4 Å². The van der Waals surface area contributed by atoms with Crippen molar-refractivity contribution in [2.75, 3.05) is 13.1 Å². The Morgan fingerprint density at radius 1 is 1.14 bits per heavy atom. The number of β-amino-alcohol motifs (C(OH)–C–C–N with tert-alkyl or cyclic N) is 1. The molecule has 6 nitrogen and oxygen atoms in total. The van der Waals surface area contributed by atoms with Crippen molar-refractivity contribution in [2.45, 2.75) is 18.7 Å². The van der Waals surface area contributed by atoms with Gasteiger partial charge in [0, 0.05) is 31.9 Å². The molecule has 3 rings (SSSR count). The van der Waals surface area contributed by atoms with Crippen LogP contribution in [0.1, 0.15) is 11.6 Å². The zero-order valence-electron chi connectivity index (χ0n) is 11.5. The van der Waals surface area contributed by atoms with Gasteiger partial charge in [-0.05, 0) is 5.56 Å². The number of aliphatic hydroxyl groups is 1. The van der Waals surface area contributed by atoms with Crippen molar-refractivity contribution in [3.8, 4) is 0 Å². The average molecular weight is 287 g/mol. The summed E-state index contributed by atoms with van der Waals surface area (Å²) in [4.78, 5) is 27.2. The topological polar surface area (TPSA) is 78.3 Å². The van der Waals surface area contributed by atoms with Gasteiger partial charge < -0.3 is 5.11 Å². The van der Waals surface area contributed by atoms with Crippen LogP contribution in [0.2, 0.25) is 0 Å². The maximum atomic E-state index is 11.8. The van der Waals surface area contributed by atoms with Gasteiger partial charge in [-0.25, -0.2) is 4.79 Å². The van der Waals surface area contributed by atoms with E-state index in [9.17, 15) is 14.7 Å². The van der Waals surface area contributed by atoms with E-state index in [1.54, 1.807) is 0 Å². The quantitative estimate of drug-likeness (QED) is 0.830. The SMILES string of the molecule is O=c1ccn([C@@H]2CN(Cc3ccccc3)C[C@@H]2O)c(=O)[nH]1. The molecule has 2 N–H and O–H groups in total. The van der Waals surface area contributed by atoms with Crippen LogP contribution in [-0.4, -0.2) is 38.8 Å². The first-order chi connectivity index (χ1) is 10.1. The van der Waals surface area contributed by atoms with Gasteiger partial charge in [-0.2, -0.15) is 0 Å². The highest BCUT2D eigenvalue weighted by molar-refractivity contribution is 5.15. The molecule has 0 bridgehead atoms. The number of benzene rings is 1. The molecule has 2 atom stereocenters. The summed E-state index contributed by atoms with van der Waals surface area (Å²) in [7, 11) is 0. The predicted octanol–water partition coefficient (Wildman–Crippen LogP) is -0.0456. The number of hydrogen-bond donors (Lipinski definition) is 2. The molecule has 0 unspecified atom stereocenters. The molecule has 0 amide bonds. The fourth-order valence-electron chi connectivity index (χ4n) is 2.78. The van der Waals surface area contributed by atoms with E-state index in [-0.39, 0.29) is 6.04 Å². The molecule has 0 saturated carbocycles. The van der Waals surface area contributed by atoms with Crippen molar-refractivity contribution in [1.82, 2.24) is 14.5 Å². The van der Waals surface area contributed by atoms with Crippen LogP contribution in [0.25, 0.3) is 0 Å². The number of rotatable bonds is 3. The van der Waals surface area contributed by atoms with Crippen molar-refractivity contribution in [1.29, 1.82) is 0 Å². The van der Waals surface area contributed by atoms with Crippen LogP contribution < -0.4 is 11.2 Å². The lowest BCUT2D eigenvalue weighted by Gasteiger charge is -2.17. The Balaban J connectivity index is 1.77. The number of hydrogen-bond acceptors (Lipinski definition) is 4. The fourth-order valence-corrected chi connectivity index (χ4v) is 2.78. The number of aromatic amines is 1. The van der Waals surface area contributed by atoms with Crippen molar-refractivity contribution in [3.05, 3.63) is 69.0 Å². The van der Waals surface area contributed by atoms with Crippen LogP contribution in [0, 0.1) is 0 Å². The molecule has 2 heterocycles. The van der Waals surface area contributed by atoms with E-state index in [0.29, 0.717) is 13.1 Å². The summed E-state index contributed by atoms with van der Waals surface area (Å²) in [6, 6.07) is 11.0. The standard InChI is InChI=1S/C15H17N3O3/c19-13-10-17(8-11-4-2-1-3-5-11)9-12(13)18-7-6-14(20)16-15(18)21/h1-7,12-13,19H,8-10H2,(H,16,20,21)/t12-,13+/m1/s1. The molecule has 0 spiro atoms. The summed E-state index contributed by atoms with van der Waals surface area (Å²) >= 11 is 0. The van der Waals surface area contributed by atoms with Crippen molar-refractivity contribution in [3.63, 3.8) is 0 Å². The largest absolute Gasteiger partial charge is 0.390 e. The molecule has 1 aliphatic rings. The summed E-state index contributed by atoms with van der Waals surface area (Å²) in [5.74, 6) is 0. The highest BCUT2D eigenvalue weighted by Gasteiger charge is 2.33. The summed E-state index contributed by atoms with van der Waals surface area (Å²) < 4.78 is 1.40. The third-order valence-electron chi connectivity index (χ3n) is 3.79. The first kappa shape index (κ1) is 13.8. The van der Waals surface area contributed by atoms with Crippen molar-refractivity contribution >= 4 is 0 Å². The van der Waals surface area contributed by atoms with Gasteiger partial charge in [-0.3, -0.25) is 19.2 Å². The lowest BCUT2D eigenvalue weighted by molar-refractivity contribution is 0.141. The highest BCUT2D eigenvalue weighted by atomic mass is 16.3. The molecule has 1 fully saturated rings. The van der Waals surface area contributed by atoms with E-state index in [0.717, 1.165) is 6.54 Å². The average Bonchev–Trinajstić information content (AvgIpc) is 2.80. The minimum Gasteiger partial charge on any atom is -0.390 e. The second kappa shape index (κ2) is 5.67. The molecule has 1 aromatic heterocycles. The van der Waals surface area contributed by atoms with Gasteiger partial charge >= 0.3 is 5.69 Å². The molecular formula is C15H17N3O3. The monoisotopic (exact) mass is 287 g/mol. The molecule has 1 aromatic carbocycles. The lowest BCUT2D eigenvalue weighted by atomic mass is 10.2. The fraction of sp³-hybridized carbons (Fsp3) is 0.333. The van der Waals surface area contributed by atoms with Gasteiger partial charge in [0.2, 0.25) is 0 Å². The maximum Gasteiger partial charge on any atom is 0.328 e. The summed E-state index contributed by atoms with van der Waals surface area (Å²) in [6.45, 7) is 1.81. The zero-order chi connectivity index (χ0) is 14.8. The number of nitrogens with zero attached hydrogens (tertiary/aromatic N) is 2. The van der Waals surface area contributed by atoms with Gasteiger partial charge in [-0.1, -0.05) is 30.3 Å². The zero-order valence-corrected chi connectivity index (χ0v) is 11.5. The first-order valence-corrected chi connectivity index (χ1v) is 6.89. The van der Waals surface area contributed by atoms with Crippen LogP contribution in [-0.2, 0) is 6.54 Å². The van der Waals surface area contributed by atoms with Gasteiger partial charge in [0.1, 0.15) is 0 Å². The number of aliphatic hydroxyl groups excluding tert-OH is 1. The Morgan fingerprint density at radius 2 is 1.90 bits per heavy atom. The first-order valence-electron chi connectivity index (χ1n) is 6.89. The van der Waals surface area contributed by atoms with E-state index >= 15 is 0 Å². The normalized spacial score (nSPS) is 22.5. The molecule has 6 heteroatoms. The van der Waals surface area contributed by atoms with E-state index in [1.807, 2.05) is 30.3 Å². The van der Waals surface area contributed by atoms with Crippen molar-refractivity contribution < 1.29 is 5.11 Å². The van der Waals surface area contributed by atoms with Gasteiger partial charge in [-0.15, -0.1) is 0 Å². The third kappa shape index (κ3) is 2.96. The van der Waals surface area contributed by atoms with Crippen LogP contribution in [0.3, 0.4) is 0 Å². The summed E-state index contributed by atoms with van der Waals surface area (Å²) in [6.07, 6.45) is 0.818. The number of H-pyrrole nitrogens is 1. The van der Waals surface area contributed by atoms with Crippen molar-refractivity contribution in [2.24, 2.45) is 0 Å². The van der Waals surface area contributed by atoms with Crippen LogP contribution in [0.15, 0.2) is 52.2 Å². The highest BCUT2D eigenvalue weighted by Crippen LogP contribution is 2.22. The third-order valence-corrected chi connectivity index (χ3v) is 3.79. The van der Waals surface area contributed by atoms with Gasteiger partial charge in [0.05, 0.1) is 12.1 Å². The Bertz CT molecular complexity index is 723. The molecular weight excluding hydrogens is 270 g/mol. The van der Waals surface area contributed by atoms with E-state index in [1.165, 1.54) is 22.4 Å². The van der Waals surface area contributed by atoms with E-state index in [4.69, 9.17) is 0 Å². The van der Waals surface area contributed by atoms with Crippen LogP contribution in [0.4, 0.5) is 0 Å². The minimum atomic E-state index is -0.627. The Kier molecular flexibility index (Phi) is 3.72. The maximum absolute atomic E-state index is 11.8. The Morgan fingerprint density at radius 3 is 2.62 bits per heavy atom. The molecule has 2 aromatic rings. The second-order valence-corrected chi connectivity index (χ2v) is 5.33. The number of aromatic nitrogens is 2. The Hall–Kier alpha value is -2.18. The minimum absolute atomic E-state index is 0.335. The lowest BCUT2D eigenvalue weighted by Crippen LogP contribution is -2.35. The number of nitrogens with one attached hydrogen (secondary N) is 1. The van der Waals surface area contributed by atoms with Gasteiger partial charge in [0.15, 0.2) is 0 Å². The smallest absolute Gasteiger partial charge is 0.328 e. The molecule has 1 aliphatic heterocycles.